The van der Waals surface area contributed by atoms with Gasteiger partial charge in [-0.2, -0.15) is 0 Å². The molecule has 0 radical (unpaired) electrons. The van der Waals surface area contributed by atoms with E-state index in [0.717, 1.165) is 5.69 Å². The molecule has 0 bridgehead atoms. The van der Waals surface area contributed by atoms with E-state index in [1.54, 1.807) is 31.6 Å². The Labute approximate surface area is 105 Å². The summed E-state index contributed by atoms with van der Waals surface area (Å²) in [7, 11) is 0. The van der Waals surface area contributed by atoms with Crippen LogP contribution in [0.15, 0.2) is 43.0 Å². The molecular formula is C13H14N2O3. The highest BCUT2D eigenvalue weighted by atomic mass is 16.6. The average molecular weight is 246 g/mol. The Morgan fingerprint density at radius 1 is 1.33 bits per heavy atom. The molecule has 0 saturated heterocycles. The quantitative estimate of drug-likeness (QED) is 0.755. The minimum absolute atomic E-state index is 0.0712. The first-order valence-corrected chi connectivity index (χ1v) is 5.66. The van der Waals surface area contributed by atoms with E-state index in [0.29, 0.717) is 12.4 Å². The molecule has 5 heteroatoms. The van der Waals surface area contributed by atoms with Gasteiger partial charge in [0.1, 0.15) is 5.75 Å². The van der Waals surface area contributed by atoms with Crippen molar-refractivity contribution in [3.8, 4) is 11.4 Å². The maximum absolute atomic E-state index is 11.1. The first-order chi connectivity index (χ1) is 8.79. The summed E-state index contributed by atoms with van der Waals surface area (Å²) in [6.07, 6.45) is 5.29. The molecule has 0 spiro atoms. The molecule has 18 heavy (non-hydrogen) atoms. The zero-order chi connectivity index (χ0) is 12.8. The summed E-state index contributed by atoms with van der Waals surface area (Å²) in [5.74, 6) is 0.267. The van der Waals surface area contributed by atoms with Crippen LogP contribution in [0.5, 0.6) is 5.75 Å². The second kappa shape index (κ2) is 5.86. The number of esters is 1. The van der Waals surface area contributed by atoms with Gasteiger partial charge in [-0.1, -0.05) is 0 Å². The fourth-order valence-electron chi connectivity index (χ4n) is 1.47. The Kier molecular flexibility index (Phi) is 3.96. The Hall–Kier alpha value is -2.30. The van der Waals surface area contributed by atoms with Gasteiger partial charge in [-0.25, -0.2) is 9.78 Å². The fourth-order valence-corrected chi connectivity index (χ4v) is 1.47. The number of carbonyl (C=O) groups is 1. The fraction of sp³-hybridized carbons (Fsp3) is 0.231. The largest absolute Gasteiger partial charge is 0.482 e. The molecule has 0 amide bonds. The van der Waals surface area contributed by atoms with E-state index >= 15 is 0 Å². The maximum Gasteiger partial charge on any atom is 0.344 e. The highest BCUT2D eigenvalue weighted by molar-refractivity contribution is 5.71. The van der Waals surface area contributed by atoms with Gasteiger partial charge >= 0.3 is 5.97 Å². The van der Waals surface area contributed by atoms with Crippen molar-refractivity contribution in [1.82, 2.24) is 9.55 Å². The minimum Gasteiger partial charge on any atom is -0.482 e. The lowest BCUT2D eigenvalue weighted by molar-refractivity contribution is -0.145. The molecule has 1 heterocycles. The summed E-state index contributed by atoms with van der Waals surface area (Å²) >= 11 is 0. The second-order valence-electron chi connectivity index (χ2n) is 3.56. The van der Waals surface area contributed by atoms with E-state index in [2.05, 4.69) is 4.98 Å². The van der Waals surface area contributed by atoms with Crippen LogP contribution in [-0.2, 0) is 9.53 Å². The van der Waals surface area contributed by atoms with E-state index in [9.17, 15) is 4.79 Å². The lowest BCUT2D eigenvalue weighted by Crippen LogP contribution is -2.14. The van der Waals surface area contributed by atoms with Crippen LogP contribution in [0.25, 0.3) is 5.69 Å². The average Bonchev–Trinajstić information content (AvgIpc) is 2.91. The molecule has 1 aromatic carbocycles. The normalized spacial score (nSPS) is 10.1. The Bertz CT molecular complexity index is 491. The first kappa shape index (κ1) is 12.2. The number of ether oxygens (including phenoxy) is 2. The summed E-state index contributed by atoms with van der Waals surface area (Å²) in [6.45, 7) is 2.05. The van der Waals surface area contributed by atoms with Crippen molar-refractivity contribution in [2.75, 3.05) is 13.2 Å². The number of aromatic nitrogens is 2. The molecule has 5 nitrogen and oxygen atoms in total. The minimum atomic E-state index is -0.365. The number of hydrogen-bond donors (Lipinski definition) is 0. The molecule has 0 fully saturated rings. The number of benzene rings is 1. The van der Waals surface area contributed by atoms with Crippen molar-refractivity contribution in [2.45, 2.75) is 6.92 Å². The molecular weight excluding hydrogens is 232 g/mol. The molecule has 0 atom stereocenters. The third-order valence-corrected chi connectivity index (χ3v) is 2.30. The maximum atomic E-state index is 11.1. The summed E-state index contributed by atoms with van der Waals surface area (Å²) in [4.78, 5) is 15.1. The molecule has 2 aromatic rings. The molecule has 0 N–H and O–H groups in total. The molecule has 0 unspecified atom stereocenters. The van der Waals surface area contributed by atoms with Crippen molar-refractivity contribution >= 4 is 5.97 Å². The van der Waals surface area contributed by atoms with E-state index < -0.39 is 0 Å². The Morgan fingerprint density at radius 2 is 2.11 bits per heavy atom. The standard InChI is InChI=1S/C13H14N2O3/c1-2-17-13(16)9-18-12-5-3-11(4-6-12)15-8-7-14-10-15/h3-8,10H,2,9H2,1H3. The van der Waals surface area contributed by atoms with Gasteiger partial charge in [0.05, 0.1) is 12.9 Å². The van der Waals surface area contributed by atoms with Gasteiger partial charge < -0.3 is 14.0 Å². The highest BCUT2D eigenvalue weighted by Gasteiger charge is 2.03. The lowest BCUT2D eigenvalue weighted by Gasteiger charge is -2.07. The van der Waals surface area contributed by atoms with Crippen molar-refractivity contribution in [3.63, 3.8) is 0 Å². The van der Waals surface area contributed by atoms with Gasteiger partial charge in [-0.15, -0.1) is 0 Å². The monoisotopic (exact) mass is 246 g/mol. The molecule has 94 valence electrons. The van der Waals surface area contributed by atoms with Gasteiger partial charge in [-0.3, -0.25) is 0 Å². The highest BCUT2D eigenvalue weighted by Crippen LogP contribution is 2.14. The van der Waals surface area contributed by atoms with Crippen LogP contribution in [0.1, 0.15) is 6.92 Å². The Balaban J connectivity index is 1.94. The van der Waals surface area contributed by atoms with Crippen molar-refractivity contribution in [1.29, 1.82) is 0 Å². The van der Waals surface area contributed by atoms with Crippen LogP contribution in [0.3, 0.4) is 0 Å². The lowest BCUT2D eigenvalue weighted by atomic mass is 10.3. The topological polar surface area (TPSA) is 53.4 Å². The summed E-state index contributed by atoms with van der Waals surface area (Å²) < 4.78 is 11.9. The molecule has 0 saturated carbocycles. The van der Waals surface area contributed by atoms with Crippen LogP contribution in [0.2, 0.25) is 0 Å². The smallest absolute Gasteiger partial charge is 0.344 e. The summed E-state index contributed by atoms with van der Waals surface area (Å²) in [5, 5.41) is 0. The molecule has 0 aliphatic heterocycles. The molecule has 0 aliphatic rings. The van der Waals surface area contributed by atoms with Crippen molar-refractivity contribution in [2.24, 2.45) is 0 Å². The van der Waals surface area contributed by atoms with Crippen molar-refractivity contribution < 1.29 is 14.3 Å². The number of carbonyl (C=O) groups excluding carboxylic acids is 1. The number of nitrogens with zero attached hydrogens (tertiary/aromatic N) is 2. The third kappa shape index (κ3) is 3.10. The number of hydrogen-bond acceptors (Lipinski definition) is 4. The van der Waals surface area contributed by atoms with E-state index in [1.807, 2.05) is 22.9 Å². The van der Waals surface area contributed by atoms with Crippen molar-refractivity contribution in [3.05, 3.63) is 43.0 Å². The predicted octanol–water partition coefficient (Wildman–Crippen LogP) is 1.81. The zero-order valence-electron chi connectivity index (χ0n) is 10.1. The predicted molar refractivity (Wildman–Crippen MR) is 65.7 cm³/mol. The van der Waals surface area contributed by atoms with Gasteiger partial charge in [-0.05, 0) is 31.2 Å². The van der Waals surface area contributed by atoms with Gasteiger partial charge in [0.15, 0.2) is 6.61 Å². The van der Waals surface area contributed by atoms with Crippen LogP contribution in [0, 0.1) is 0 Å². The molecule has 2 rings (SSSR count). The molecule has 1 aromatic heterocycles. The van der Waals surface area contributed by atoms with E-state index in [-0.39, 0.29) is 12.6 Å². The SMILES string of the molecule is CCOC(=O)COc1ccc(-n2ccnc2)cc1. The summed E-state index contributed by atoms with van der Waals surface area (Å²) in [5.41, 5.74) is 0.982. The van der Waals surface area contributed by atoms with Gasteiger partial charge in [0.25, 0.3) is 0 Å². The van der Waals surface area contributed by atoms with Crippen LogP contribution in [-0.4, -0.2) is 28.7 Å². The van der Waals surface area contributed by atoms with Crippen LogP contribution in [0.4, 0.5) is 0 Å². The third-order valence-electron chi connectivity index (χ3n) is 2.30. The molecule has 0 aliphatic carbocycles. The number of rotatable bonds is 5. The second-order valence-corrected chi connectivity index (χ2v) is 3.56. The Morgan fingerprint density at radius 3 is 2.72 bits per heavy atom. The van der Waals surface area contributed by atoms with Gasteiger partial charge in [0, 0.05) is 18.1 Å². The van der Waals surface area contributed by atoms with Gasteiger partial charge in [0.2, 0.25) is 0 Å². The summed E-state index contributed by atoms with van der Waals surface area (Å²) in [6, 6.07) is 7.38. The van der Waals surface area contributed by atoms with E-state index in [1.165, 1.54) is 0 Å². The number of imidazole rings is 1. The zero-order valence-corrected chi connectivity index (χ0v) is 10.1. The van der Waals surface area contributed by atoms with Crippen LogP contribution < -0.4 is 4.74 Å². The first-order valence-electron chi connectivity index (χ1n) is 5.66. The van der Waals surface area contributed by atoms with Crippen LogP contribution >= 0.6 is 0 Å². The van der Waals surface area contributed by atoms with E-state index in [4.69, 9.17) is 9.47 Å².